The lowest BCUT2D eigenvalue weighted by molar-refractivity contribution is -0.125. The summed E-state index contributed by atoms with van der Waals surface area (Å²) >= 11 is 3.15. The molecule has 1 aliphatic rings. The Labute approximate surface area is 164 Å². The molecule has 0 spiro atoms. The number of nitrogens with zero attached hydrogens (tertiary/aromatic N) is 1. The number of halogens is 1. The van der Waals surface area contributed by atoms with Crippen LogP contribution in [0.2, 0.25) is 0 Å². The van der Waals surface area contributed by atoms with Crippen LogP contribution in [0.5, 0.6) is 5.75 Å². The largest absolute Gasteiger partial charge is 0.482 e. The molecule has 2 N–H and O–H groups in total. The highest BCUT2D eigenvalue weighted by atomic mass is 79.9. The van der Waals surface area contributed by atoms with Crippen molar-refractivity contribution in [1.82, 2.24) is 5.32 Å². The van der Waals surface area contributed by atoms with Gasteiger partial charge in [0.05, 0.1) is 5.69 Å². The number of hydrogen-bond donors (Lipinski definition) is 2. The number of amides is 3. The monoisotopic (exact) mass is 435 g/mol. The number of benzene rings is 1. The summed E-state index contributed by atoms with van der Waals surface area (Å²) in [6.07, 6.45) is 0.804. The van der Waals surface area contributed by atoms with E-state index in [9.17, 15) is 14.4 Å². The van der Waals surface area contributed by atoms with Crippen LogP contribution in [0.3, 0.4) is 0 Å². The number of nitrogens with one attached hydrogen (secondary N) is 2. The molecule has 2 aromatic rings. The lowest BCUT2D eigenvalue weighted by Gasteiger charge is -2.29. The molecule has 0 saturated carbocycles. The second-order valence-corrected chi connectivity index (χ2v) is 6.64. The van der Waals surface area contributed by atoms with Crippen LogP contribution in [-0.2, 0) is 9.59 Å². The van der Waals surface area contributed by atoms with E-state index in [1.54, 1.807) is 24.3 Å². The fraction of sp³-hybridized carbons (Fsp3) is 0.278. The third kappa shape index (κ3) is 4.48. The Morgan fingerprint density at radius 3 is 2.78 bits per heavy atom. The molecule has 2 heterocycles. The maximum absolute atomic E-state index is 12.2. The summed E-state index contributed by atoms with van der Waals surface area (Å²) in [6, 6.07) is 8.04. The molecule has 27 heavy (non-hydrogen) atoms. The van der Waals surface area contributed by atoms with Crippen LogP contribution < -0.4 is 20.3 Å². The van der Waals surface area contributed by atoms with Gasteiger partial charge < -0.3 is 19.8 Å². The molecule has 9 heteroatoms. The normalized spacial score (nSPS) is 13.0. The van der Waals surface area contributed by atoms with Gasteiger partial charge in [-0.25, -0.2) is 0 Å². The Morgan fingerprint density at radius 2 is 2.07 bits per heavy atom. The van der Waals surface area contributed by atoms with Gasteiger partial charge >= 0.3 is 0 Å². The number of ether oxygens (including phenoxy) is 1. The molecule has 1 aromatic heterocycles. The molecule has 0 bridgehead atoms. The summed E-state index contributed by atoms with van der Waals surface area (Å²) in [5.74, 6) is -0.407. The Hall–Kier alpha value is -2.81. The fourth-order valence-corrected chi connectivity index (χ4v) is 2.85. The average Bonchev–Trinajstić information content (AvgIpc) is 3.09. The molecule has 3 rings (SSSR count). The van der Waals surface area contributed by atoms with Crippen molar-refractivity contribution in [3.05, 3.63) is 40.8 Å². The number of carbonyl (C=O) groups is 3. The van der Waals surface area contributed by atoms with Crippen LogP contribution in [0.15, 0.2) is 39.4 Å². The van der Waals surface area contributed by atoms with Gasteiger partial charge in [-0.1, -0.05) is 6.92 Å². The van der Waals surface area contributed by atoms with E-state index in [1.807, 2.05) is 6.92 Å². The zero-order chi connectivity index (χ0) is 19.4. The lowest BCUT2D eigenvalue weighted by Crippen LogP contribution is -2.45. The Kier molecular flexibility index (Phi) is 5.80. The van der Waals surface area contributed by atoms with Crippen molar-refractivity contribution in [3.8, 4) is 5.75 Å². The molecule has 8 nitrogen and oxygen atoms in total. The molecule has 0 atom stereocenters. The molecule has 3 amide bonds. The molecule has 1 aliphatic heterocycles. The number of anilines is 2. The zero-order valence-corrected chi connectivity index (χ0v) is 16.2. The summed E-state index contributed by atoms with van der Waals surface area (Å²) in [6.45, 7) is 2.24. The van der Waals surface area contributed by atoms with Crippen LogP contribution in [0.4, 0.5) is 11.4 Å². The van der Waals surface area contributed by atoms with E-state index in [4.69, 9.17) is 9.15 Å². The maximum Gasteiger partial charge on any atom is 0.291 e. The quantitative estimate of drug-likeness (QED) is 0.725. The van der Waals surface area contributed by atoms with Gasteiger partial charge in [-0.05, 0) is 52.7 Å². The molecule has 0 unspecified atom stereocenters. The van der Waals surface area contributed by atoms with Crippen molar-refractivity contribution in [2.45, 2.75) is 13.3 Å². The van der Waals surface area contributed by atoms with E-state index in [0.29, 0.717) is 28.3 Å². The standard InChI is InChI=1S/C18H18BrN3O5/c1-2-7-20-16(23)9-22-12-8-11(3-4-13(12)26-10-17(22)24)21-18(25)14-5-6-15(19)27-14/h3-6,8H,2,7,9-10H2,1H3,(H,20,23)(H,21,25). The minimum absolute atomic E-state index is 0.113. The number of furan rings is 1. The number of carbonyl (C=O) groups excluding carboxylic acids is 3. The SMILES string of the molecule is CCCNC(=O)CN1C(=O)COc2ccc(NC(=O)c3ccc(Br)o3)cc21. The summed E-state index contributed by atoms with van der Waals surface area (Å²) in [7, 11) is 0. The predicted molar refractivity (Wildman–Crippen MR) is 102 cm³/mol. The second-order valence-electron chi connectivity index (χ2n) is 5.86. The molecule has 1 aromatic carbocycles. The van der Waals surface area contributed by atoms with Crippen molar-refractivity contribution in [3.63, 3.8) is 0 Å². The zero-order valence-electron chi connectivity index (χ0n) is 14.6. The second kappa shape index (κ2) is 8.26. The van der Waals surface area contributed by atoms with Gasteiger partial charge in [0, 0.05) is 12.2 Å². The van der Waals surface area contributed by atoms with Crippen molar-refractivity contribution >= 4 is 45.0 Å². The summed E-state index contributed by atoms with van der Waals surface area (Å²) < 4.78 is 11.1. The summed E-state index contributed by atoms with van der Waals surface area (Å²) in [4.78, 5) is 37.9. The lowest BCUT2D eigenvalue weighted by atomic mass is 10.2. The van der Waals surface area contributed by atoms with Crippen LogP contribution in [0.25, 0.3) is 0 Å². The maximum atomic E-state index is 12.2. The van der Waals surface area contributed by atoms with Gasteiger partial charge in [0.1, 0.15) is 12.3 Å². The molecule has 0 radical (unpaired) electrons. The van der Waals surface area contributed by atoms with E-state index >= 15 is 0 Å². The van der Waals surface area contributed by atoms with Gasteiger partial charge in [-0.15, -0.1) is 0 Å². The van der Waals surface area contributed by atoms with Crippen molar-refractivity contribution in [2.75, 3.05) is 29.9 Å². The first-order valence-corrected chi connectivity index (χ1v) is 9.18. The molecule has 142 valence electrons. The number of fused-ring (bicyclic) bond motifs is 1. The third-order valence-electron chi connectivity index (χ3n) is 3.83. The van der Waals surface area contributed by atoms with Crippen molar-refractivity contribution < 1.29 is 23.5 Å². The van der Waals surface area contributed by atoms with E-state index in [-0.39, 0.29) is 30.7 Å². The number of rotatable bonds is 6. The Balaban J connectivity index is 1.79. The minimum atomic E-state index is -0.434. The highest BCUT2D eigenvalue weighted by Gasteiger charge is 2.28. The number of hydrogen-bond acceptors (Lipinski definition) is 5. The highest BCUT2D eigenvalue weighted by Crippen LogP contribution is 2.34. The average molecular weight is 436 g/mol. The highest BCUT2D eigenvalue weighted by molar-refractivity contribution is 9.10. The molecular weight excluding hydrogens is 418 g/mol. The van der Waals surface area contributed by atoms with Crippen molar-refractivity contribution in [1.29, 1.82) is 0 Å². The minimum Gasteiger partial charge on any atom is -0.482 e. The van der Waals surface area contributed by atoms with E-state index in [0.717, 1.165) is 6.42 Å². The van der Waals surface area contributed by atoms with Crippen LogP contribution in [0, 0.1) is 0 Å². The van der Waals surface area contributed by atoms with Crippen LogP contribution in [-0.4, -0.2) is 37.4 Å². The fourth-order valence-electron chi connectivity index (χ4n) is 2.55. The first kappa shape index (κ1) is 19.0. The van der Waals surface area contributed by atoms with Gasteiger partial charge in [0.15, 0.2) is 17.0 Å². The molecule has 0 aliphatic carbocycles. The van der Waals surface area contributed by atoms with Crippen LogP contribution in [0.1, 0.15) is 23.9 Å². The van der Waals surface area contributed by atoms with Gasteiger partial charge in [-0.2, -0.15) is 0 Å². The smallest absolute Gasteiger partial charge is 0.291 e. The first-order valence-electron chi connectivity index (χ1n) is 8.38. The van der Waals surface area contributed by atoms with E-state index in [2.05, 4.69) is 26.6 Å². The Morgan fingerprint density at radius 1 is 1.26 bits per heavy atom. The van der Waals surface area contributed by atoms with Gasteiger partial charge in [0.25, 0.3) is 11.8 Å². The summed E-state index contributed by atoms with van der Waals surface area (Å²) in [5, 5.41) is 5.44. The predicted octanol–water partition coefficient (Wildman–Crippen LogP) is 2.55. The van der Waals surface area contributed by atoms with Gasteiger partial charge in [0.2, 0.25) is 5.91 Å². The molecule has 0 saturated heterocycles. The molecule has 0 fully saturated rings. The Bertz CT molecular complexity index is 880. The van der Waals surface area contributed by atoms with E-state index < -0.39 is 5.91 Å². The van der Waals surface area contributed by atoms with Crippen molar-refractivity contribution in [2.24, 2.45) is 0 Å². The summed E-state index contributed by atoms with van der Waals surface area (Å²) in [5.41, 5.74) is 0.875. The molecular formula is C18H18BrN3O5. The van der Waals surface area contributed by atoms with E-state index in [1.165, 1.54) is 11.0 Å². The van der Waals surface area contributed by atoms with Crippen LogP contribution >= 0.6 is 15.9 Å². The first-order chi connectivity index (χ1) is 13.0. The van der Waals surface area contributed by atoms with Gasteiger partial charge in [-0.3, -0.25) is 19.3 Å². The third-order valence-corrected chi connectivity index (χ3v) is 4.26. The topological polar surface area (TPSA) is 101 Å².